The first kappa shape index (κ1) is 26.5. The second-order valence-electron chi connectivity index (χ2n) is 10.1. The summed E-state index contributed by atoms with van der Waals surface area (Å²) in [5.74, 6) is 0.204. The zero-order valence-electron chi connectivity index (χ0n) is 22.1. The molecule has 1 aliphatic carbocycles. The third-order valence-corrected chi connectivity index (χ3v) is 8.87. The second kappa shape index (κ2) is 10.4. The molecule has 0 radical (unpaired) electrons. The monoisotopic (exact) mass is 739 g/mol. The fraction of sp³-hybridized carbons (Fsp3) is 0.0278. The Morgan fingerprint density at radius 1 is 0.667 bits per heavy atom. The van der Waals surface area contributed by atoms with E-state index in [1.165, 1.54) is 11.1 Å². The minimum Gasteiger partial charge on any atom is -0.507 e. The summed E-state index contributed by atoms with van der Waals surface area (Å²) >= 11 is 1.64. The number of aromatic hydroxyl groups is 1. The van der Waals surface area contributed by atoms with E-state index >= 15 is 0 Å². The molecule has 6 heteroatoms. The molecule has 3 aromatic heterocycles. The predicted molar refractivity (Wildman–Crippen MR) is 164 cm³/mol. The molecule has 0 spiro atoms. The van der Waals surface area contributed by atoms with E-state index in [-0.39, 0.29) is 26.8 Å². The number of thiophene rings is 1. The maximum Gasteiger partial charge on any atom is 0.124 e. The van der Waals surface area contributed by atoms with Gasteiger partial charge in [-0.25, -0.2) is 4.98 Å². The van der Waals surface area contributed by atoms with Crippen LogP contribution in [0.2, 0.25) is 0 Å². The molecule has 0 saturated carbocycles. The van der Waals surface area contributed by atoms with Crippen molar-refractivity contribution in [2.75, 3.05) is 0 Å². The average molecular weight is 740 g/mol. The van der Waals surface area contributed by atoms with E-state index in [2.05, 4.69) is 88.8 Å². The SMILES string of the molecule is Oc1ccccc1-c1cccc(C2(c3[c-]c(-c4ncnc5ccsc45)ccc3)c3ccccc3-c3ccccc32)n1.[Pt]. The zero-order valence-corrected chi connectivity index (χ0v) is 25.2. The summed E-state index contributed by atoms with van der Waals surface area (Å²) in [5, 5.41) is 12.7. The molecule has 4 aromatic carbocycles. The van der Waals surface area contributed by atoms with E-state index in [4.69, 9.17) is 4.98 Å². The summed E-state index contributed by atoms with van der Waals surface area (Å²) in [4.78, 5) is 14.4. The van der Waals surface area contributed by atoms with Gasteiger partial charge in [0.2, 0.25) is 0 Å². The minimum absolute atomic E-state index is 0. The number of benzene rings is 4. The molecule has 0 fully saturated rings. The molecule has 7 aromatic rings. The third-order valence-electron chi connectivity index (χ3n) is 7.96. The Morgan fingerprint density at radius 3 is 2.12 bits per heavy atom. The van der Waals surface area contributed by atoms with Crippen LogP contribution in [0.1, 0.15) is 22.4 Å². The van der Waals surface area contributed by atoms with Crippen LogP contribution >= 0.6 is 11.3 Å². The number of aromatic nitrogens is 3. The molecule has 0 aliphatic heterocycles. The van der Waals surface area contributed by atoms with Gasteiger partial charge >= 0.3 is 0 Å². The molecular formula is C36H22N3OPtS-. The van der Waals surface area contributed by atoms with Gasteiger partial charge in [-0.3, -0.25) is 9.97 Å². The molecule has 0 saturated heterocycles. The van der Waals surface area contributed by atoms with Crippen LogP contribution in [-0.2, 0) is 26.5 Å². The Kier molecular flexibility index (Phi) is 6.57. The Morgan fingerprint density at radius 2 is 1.36 bits per heavy atom. The van der Waals surface area contributed by atoms with E-state index < -0.39 is 5.41 Å². The maximum absolute atomic E-state index is 10.7. The number of pyridine rings is 1. The van der Waals surface area contributed by atoms with Gasteiger partial charge < -0.3 is 5.11 Å². The first-order valence-electron chi connectivity index (χ1n) is 13.4. The van der Waals surface area contributed by atoms with E-state index in [0.717, 1.165) is 43.9 Å². The van der Waals surface area contributed by atoms with Crippen LogP contribution < -0.4 is 0 Å². The molecule has 0 unspecified atom stereocenters. The van der Waals surface area contributed by atoms with Crippen LogP contribution in [0, 0.1) is 6.07 Å². The van der Waals surface area contributed by atoms with Crippen molar-refractivity contribution in [2.45, 2.75) is 5.41 Å². The number of hydrogen-bond donors (Lipinski definition) is 1. The van der Waals surface area contributed by atoms with Crippen LogP contribution in [0.15, 0.2) is 127 Å². The van der Waals surface area contributed by atoms with Gasteiger partial charge in [0, 0.05) is 37.0 Å². The Bertz CT molecular complexity index is 2060. The first-order valence-corrected chi connectivity index (χ1v) is 14.3. The third kappa shape index (κ3) is 3.88. The Balaban J connectivity index is 0.00000288. The Labute approximate surface area is 261 Å². The number of rotatable bonds is 4. The molecule has 4 nitrogen and oxygen atoms in total. The molecule has 42 heavy (non-hydrogen) atoms. The smallest absolute Gasteiger partial charge is 0.124 e. The van der Waals surface area contributed by atoms with Crippen molar-refractivity contribution in [1.82, 2.24) is 15.0 Å². The van der Waals surface area contributed by atoms with Crippen molar-refractivity contribution >= 4 is 21.6 Å². The van der Waals surface area contributed by atoms with Crippen molar-refractivity contribution in [3.8, 4) is 39.4 Å². The number of nitrogens with zero attached hydrogens (tertiary/aromatic N) is 3. The molecule has 204 valence electrons. The van der Waals surface area contributed by atoms with Crippen LogP contribution in [0.3, 0.4) is 0 Å². The van der Waals surface area contributed by atoms with Gasteiger partial charge in [0.1, 0.15) is 12.1 Å². The van der Waals surface area contributed by atoms with E-state index in [0.29, 0.717) is 11.3 Å². The standard InChI is InChI=1S/C36H22N3OS.Pt/c40-32-17-6-3-13-27(32)30-16-8-18-33(39-30)36(28-14-4-1-11-25(28)26-12-2-5-15-29(26)36)24-10-7-9-23(21-24)34-35-31(19-20-41-35)37-22-38-34;/h1-20,22,40H;/q-1;. The number of hydrogen-bond acceptors (Lipinski definition) is 5. The van der Waals surface area contributed by atoms with Crippen LogP contribution in [0.25, 0.3) is 43.9 Å². The quantitative estimate of drug-likeness (QED) is 0.185. The average Bonchev–Trinajstić information content (AvgIpc) is 3.63. The molecule has 0 amide bonds. The van der Waals surface area contributed by atoms with Crippen molar-refractivity contribution in [3.63, 3.8) is 0 Å². The van der Waals surface area contributed by atoms with Gasteiger partial charge in [-0.1, -0.05) is 66.7 Å². The van der Waals surface area contributed by atoms with E-state index in [9.17, 15) is 5.11 Å². The van der Waals surface area contributed by atoms with Gasteiger partial charge in [0.15, 0.2) is 0 Å². The van der Waals surface area contributed by atoms with Crippen LogP contribution in [-0.4, -0.2) is 20.1 Å². The van der Waals surface area contributed by atoms with Crippen LogP contribution in [0.4, 0.5) is 0 Å². The fourth-order valence-corrected chi connectivity index (χ4v) is 7.08. The van der Waals surface area contributed by atoms with Crippen molar-refractivity contribution in [3.05, 3.63) is 155 Å². The topological polar surface area (TPSA) is 58.9 Å². The van der Waals surface area contributed by atoms with E-state index in [1.807, 2.05) is 41.8 Å². The van der Waals surface area contributed by atoms with Crippen molar-refractivity contribution in [1.29, 1.82) is 0 Å². The summed E-state index contributed by atoms with van der Waals surface area (Å²) in [7, 11) is 0. The van der Waals surface area contributed by atoms with Gasteiger partial charge in [0.05, 0.1) is 22.3 Å². The molecule has 0 atom stereocenters. The van der Waals surface area contributed by atoms with Gasteiger partial charge in [-0.05, 0) is 58.0 Å². The zero-order chi connectivity index (χ0) is 27.4. The fourth-order valence-electron chi connectivity index (χ4n) is 6.23. The van der Waals surface area contributed by atoms with Crippen LogP contribution in [0.5, 0.6) is 5.75 Å². The molecule has 0 bridgehead atoms. The maximum atomic E-state index is 10.7. The molecule has 1 aliphatic rings. The van der Waals surface area contributed by atoms with Gasteiger partial charge in [-0.2, -0.15) is 11.3 Å². The second-order valence-corrected chi connectivity index (χ2v) is 11.0. The van der Waals surface area contributed by atoms with Gasteiger partial charge in [0.25, 0.3) is 0 Å². The minimum atomic E-state index is -0.731. The largest absolute Gasteiger partial charge is 0.507 e. The number of phenols is 1. The summed E-state index contributed by atoms with van der Waals surface area (Å²) in [6, 6.07) is 42.7. The van der Waals surface area contributed by atoms with Crippen molar-refractivity contribution in [2.24, 2.45) is 0 Å². The van der Waals surface area contributed by atoms with E-state index in [1.54, 1.807) is 23.7 Å². The summed E-state index contributed by atoms with van der Waals surface area (Å²) in [6.07, 6.45) is 1.62. The first-order chi connectivity index (χ1) is 20.2. The predicted octanol–water partition coefficient (Wildman–Crippen LogP) is 8.29. The molecule has 3 heterocycles. The normalized spacial score (nSPS) is 12.9. The molecular weight excluding hydrogens is 718 g/mol. The molecule has 1 N–H and O–H groups in total. The summed E-state index contributed by atoms with van der Waals surface area (Å²) in [6.45, 7) is 0. The van der Waals surface area contributed by atoms with Crippen molar-refractivity contribution < 1.29 is 26.2 Å². The summed E-state index contributed by atoms with van der Waals surface area (Å²) in [5.41, 5.74) is 9.92. The van der Waals surface area contributed by atoms with Gasteiger partial charge in [-0.15, -0.1) is 35.4 Å². The number of fused-ring (bicyclic) bond motifs is 4. The Hall–Kier alpha value is -4.44. The number of para-hydroxylation sites is 1. The molecule has 8 rings (SSSR count). The number of phenolic OH excluding ortho intramolecular Hbond substituents is 1. The summed E-state index contributed by atoms with van der Waals surface area (Å²) < 4.78 is 1.04.